The molecule has 0 aromatic heterocycles. The fourth-order valence-corrected chi connectivity index (χ4v) is 2.25. The number of rotatable bonds is 2. The molecule has 4 heteroatoms. The van der Waals surface area contributed by atoms with E-state index in [1.165, 1.54) is 6.07 Å². The van der Waals surface area contributed by atoms with Crippen LogP contribution in [0.25, 0.3) is 0 Å². The lowest BCUT2D eigenvalue weighted by atomic mass is 10.1. The quantitative estimate of drug-likeness (QED) is 0.618. The van der Waals surface area contributed by atoms with Crippen LogP contribution >= 0.6 is 11.6 Å². The molecular weight excluding hydrogens is 274 g/mol. The van der Waals surface area contributed by atoms with Crippen LogP contribution < -0.4 is 4.74 Å². The predicted molar refractivity (Wildman–Crippen MR) is 77.0 cm³/mol. The smallest absolute Gasteiger partial charge is 0.343 e. The molecule has 0 radical (unpaired) electrons. The normalized spacial score (nSPS) is 9.90. The summed E-state index contributed by atoms with van der Waals surface area (Å²) >= 11 is 5.94. The molecule has 0 aliphatic carbocycles. The van der Waals surface area contributed by atoms with Crippen molar-refractivity contribution in [1.29, 1.82) is 5.26 Å². The van der Waals surface area contributed by atoms with Gasteiger partial charge in [-0.15, -0.1) is 0 Å². The van der Waals surface area contributed by atoms with Crippen molar-refractivity contribution in [2.75, 3.05) is 0 Å². The standard InChI is InChI=1S/C16H12ClNO2/c1-10-6-14(17)7-11(2)15(10)20-16(19)13-5-3-4-12(8-13)9-18/h3-8H,1-2H3. The Kier molecular flexibility index (Phi) is 4.07. The highest BCUT2D eigenvalue weighted by Crippen LogP contribution is 2.27. The van der Waals surface area contributed by atoms with Crippen molar-refractivity contribution in [2.45, 2.75) is 13.8 Å². The minimum Gasteiger partial charge on any atom is -0.422 e. The lowest BCUT2D eigenvalue weighted by Gasteiger charge is -2.11. The summed E-state index contributed by atoms with van der Waals surface area (Å²) in [5, 5.41) is 9.44. The molecular formula is C16H12ClNO2. The largest absolute Gasteiger partial charge is 0.422 e. The first-order valence-electron chi connectivity index (χ1n) is 6.00. The second kappa shape index (κ2) is 5.77. The third-order valence-corrected chi connectivity index (χ3v) is 3.07. The first-order valence-corrected chi connectivity index (χ1v) is 6.38. The highest BCUT2D eigenvalue weighted by Gasteiger charge is 2.13. The second-order valence-corrected chi connectivity index (χ2v) is 4.89. The topological polar surface area (TPSA) is 50.1 Å². The fourth-order valence-electron chi connectivity index (χ4n) is 1.93. The van der Waals surface area contributed by atoms with Gasteiger partial charge in [-0.05, 0) is 55.3 Å². The second-order valence-electron chi connectivity index (χ2n) is 4.45. The van der Waals surface area contributed by atoms with Gasteiger partial charge in [-0.3, -0.25) is 0 Å². The van der Waals surface area contributed by atoms with E-state index in [1.54, 1.807) is 30.3 Å². The zero-order valence-corrected chi connectivity index (χ0v) is 11.9. The number of halogens is 1. The Hall–Kier alpha value is -2.31. The van der Waals surface area contributed by atoms with Crippen LogP contribution in [0.3, 0.4) is 0 Å². The average molecular weight is 286 g/mol. The Morgan fingerprint density at radius 3 is 2.45 bits per heavy atom. The molecule has 0 fully saturated rings. The zero-order valence-electron chi connectivity index (χ0n) is 11.1. The number of carbonyl (C=O) groups is 1. The van der Waals surface area contributed by atoms with E-state index in [9.17, 15) is 4.79 Å². The van der Waals surface area contributed by atoms with Crippen molar-refractivity contribution >= 4 is 17.6 Å². The van der Waals surface area contributed by atoms with Crippen molar-refractivity contribution in [1.82, 2.24) is 0 Å². The van der Waals surface area contributed by atoms with Crippen LogP contribution in [0, 0.1) is 25.2 Å². The van der Waals surface area contributed by atoms with Gasteiger partial charge in [0.05, 0.1) is 17.2 Å². The molecule has 0 atom stereocenters. The van der Waals surface area contributed by atoms with Gasteiger partial charge in [0, 0.05) is 5.02 Å². The molecule has 0 saturated heterocycles. The minimum absolute atomic E-state index is 0.345. The van der Waals surface area contributed by atoms with Crippen molar-refractivity contribution in [3.63, 3.8) is 0 Å². The van der Waals surface area contributed by atoms with Gasteiger partial charge in [-0.25, -0.2) is 4.79 Å². The van der Waals surface area contributed by atoms with Gasteiger partial charge in [0.2, 0.25) is 0 Å². The van der Waals surface area contributed by atoms with Gasteiger partial charge in [0.1, 0.15) is 5.75 Å². The molecule has 20 heavy (non-hydrogen) atoms. The molecule has 100 valence electrons. The third-order valence-electron chi connectivity index (χ3n) is 2.85. The summed E-state index contributed by atoms with van der Waals surface area (Å²) in [6.07, 6.45) is 0. The van der Waals surface area contributed by atoms with Crippen LogP contribution in [0.1, 0.15) is 27.0 Å². The van der Waals surface area contributed by atoms with Gasteiger partial charge < -0.3 is 4.74 Å². The van der Waals surface area contributed by atoms with E-state index in [1.807, 2.05) is 19.9 Å². The Labute approximate surface area is 122 Å². The number of carbonyl (C=O) groups excluding carboxylic acids is 1. The maximum atomic E-state index is 12.1. The number of benzene rings is 2. The molecule has 2 rings (SSSR count). The molecule has 0 N–H and O–H groups in total. The lowest BCUT2D eigenvalue weighted by molar-refractivity contribution is 0.0732. The SMILES string of the molecule is Cc1cc(Cl)cc(C)c1OC(=O)c1cccc(C#N)c1. The first-order chi connectivity index (χ1) is 9.51. The minimum atomic E-state index is -0.490. The van der Waals surface area contributed by atoms with Gasteiger partial charge >= 0.3 is 5.97 Å². The van der Waals surface area contributed by atoms with E-state index in [4.69, 9.17) is 21.6 Å². The van der Waals surface area contributed by atoms with E-state index >= 15 is 0 Å². The summed E-state index contributed by atoms with van der Waals surface area (Å²) in [5.41, 5.74) is 2.35. The fraction of sp³-hybridized carbons (Fsp3) is 0.125. The highest BCUT2D eigenvalue weighted by molar-refractivity contribution is 6.30. The van der Waals surface area contributed by atoms with Crippen LogP contribution in [0.4, 0.5) is 0 Å². The Balaban J connectivity index is 2.31. The summed E-state index contributed by atoms with van der Waals surface area (Å²) in [5.74, 6) is 0.0115. The first kappa shape index (κ1) is 14.1. The van der Waals surface area contributed by atoms with Crippen LogP contribution in [-0.4, -0.2) is 5.97 Å². The number of nitriles is 1. The zero-order chi connectivity index (χ0) is 14.7. The predicted octanol–water partition coefficient (Wildman–Crippen LogP) is 4.05. The lowest BCUT2D eigenvalue weighted by Crippen LogP contribution is -2.10. The number of hydrogen-bond donors (Lipinski definition) is 0. The average Bonchev–Trinajstić information content (AvgIpc) is 2.42. The number of nitrogens with zero attached hydrogens (tertiary/aromatic N) is 1. The molecule has 0 amide bonds. The summed E-state index contributed by atoms with van der Waals surface area (Å²) in [7, 11) is 0. The summed E-state index contributed by atoms with van der Waals surface area (Å²) in [6, 6.07) is 11.9. The molecule has 0 saturated carbocycles. The maximum Gasteiger partial charge on any atom is 0.343 e. The summed E-state index contributed by atoms with van der Waals surface area (Å²) in [4.78, 5) is 12.1. The van der Waals surface area contributed by atoms with Gasteiger partial charge in [0.15, 0.2) is 0 Å². The number of aryl methyl sites for hydroxylation is 2. The van der Waals surface area contributed by atoms with E-state index in [-0.39, 0.29) is 0 Å². The van der Waals surface area contributed by atoms with E-state index < -0.39 is 5.97 Å². The molecule has 0 heterocycles. The molecule has 0 spiro atoms. The summed E-state index contributed by atoms with van der Waals surface area (Å²) < 4.78 is 5.41. The number of esters is 1. The van der Waals surface area contributed by atoms with Crippen molar-refractivity contribution in [2.24, 2.45) is 0 Å². The van der Waals surface area contributed by atoms with Crippen molar-refractivity contribution in [3.8, 4) is 11.8 Å². The summed E-state index contributed by atoms with van der Waals surface area (Å²) in [6.45, 7) is 3.65. The Bertz CT molecular complexity index is 694. The van der Waals surface area contributed by atoms with Crippen molar-refractivity contribution in [3.05, 3.63) is 63.7 Å². The number of ether oxygens (including phenoxy) is 1. The molecule has 3 nitrogen and oxygen atoms in total. The monoisotopic (exact) mass is 285 g/mol. The molecule has 2 aromatic rings. The Morgan fingerprint density at radius 2 is 1.85 bits per heavy atom. The van der Waals surface area contributed by atoms with Gasteiger partial charge in [0.25, 0.3) is 0 Å². The highest BCUT2D eigenvalue weighted by atomic mass is 35.5. The van der Waals surface area contributed by atoms with Crippen LogP contribution in [0.5, 0.6) is 5.75 Å². The molecule has 0 aliphatic rings. The van der Waals surface area contributed by atoms with Crippen LogP contribution in [-0.2, 0) is 0 Å². The van der Waals surface area contributed by atoms with Crippen molar-refractivity contribution < 1.29 is 9.53 Å². The van der Waals surface area contributed by atoms with E-state index in [0.29, 0.717) is 21.9 Å². The maximum absolute atomic E-state index is 12.1. The van der Waals surface area contributed by atoms with E-state index in [0.717, 1.165) is 11.1 Å². The molecule has 2 aromatic carbocycles. The molecule has 0 unspecified atom stereocenters. The Morgan fingerprint density at radius 1 is 1.20 bits per heavy atom. The number of hydrogen-bond acceptors (Lipinski definition) is 3. The molecule has 0 aliphatic heterocycles. The third kappa shape index (κ3) is 2.98. The van der Waals surface area contributed by atoms with Crippen LogP contribution in [0.2, 0.25) is 5.02 Å². The van der Waals surface area contributed by atoms with Crippen LogP contribution in [0.15, 0.2) is 36.4 Å². The van der Waals surface area contributed by atoms with E-state index in [2.05, 4.69) is 0 Å². The van der Waals surface area contributed by atoms with Gasteiger partial charge in [-0.1, -0.05) is 17.7 Å². The van der Waals surface area contributed by atoms with Gasteiger partial charge in [-0.2, -0.15) is 5.26 Å². The molecule has 0 bridgehead atoms.